The number of halogens is 1. The molecule has 2 N–H and O–H groups in total. The number of amides is 4. The Morgan fingerprint density at radius 2 is 1.91 bits per heavy atom. The second-order valence-electron chi connectivity index (χ2n) is 11.7. The molecule has 5 heterocycles. The Morgan fingerprint density at radius 3 is 2.76 bits per heavy atom. The molecule has 0 spiro atoms. The van der Waals surface area contributed by atoms with Crippen molar-refractivity contribution in [1.82, 2.24) is 29.5 Å². The van der Waals surface area contributed by atoms with Crippen LogP contribution in [0.3, 0.4) is 0 Å². The highest BCUT2D eigenvalue weighted by atomic mass is 35.5. The van der Waals surface area contributed by atoms with Gasteiger partial charge in [-0.2, -0.15) is 0 Å². The minimum Gasteiger partial charge on any atom is -0.360 e. The van der Waals surface area contributed by atoms with Crippen LogP contribution in [0.2, 0.25) is 5.02 Å². The third kappa shape index (κ3) is 5.54. The number of rotatable bonds is 5. The maximum atomic E-state index is 13.5. The zero-order chi connectivity index (χ0) is 31.1. The standard InChI is InChI=1S/C35H31ClN6O3/c1-22-8-9-25(17-24(22)10-11-27-20-37-31-7-2-3-14-41(27)31)33(43)40-15-12-23(13-16-40)21-42-34(44)30(39-35(42)45)18-26-19-38-32-28(26)5-4-6-29(32)36/h2-9,14,17,19-20,23,30,38H,12-13,15-16,18,21H2,1H3,(H,39,45). The molecule has 2 saturated heterocycles. The molecule has 4 amide bonds. The summed E-state index contributed by atoms with van der Waals surface area (Å²) in [5.41, 5.74) is 5.75. The summed E-state index contributed by atoms with van der Waals surface area (Å²) in [5.74, 6) is 6.29. The van der Waals surface area contributed by atoms with Gasteiger partial charge in [0.25, 0.3) is 11.8 Å². The number of imidazole rings is 1. The second kappa shape index (κ2) is 11.8. The van der Waals surface area contributed by atoms with E-state index in [-0.39, 0.29) is 23.8 Å². The first-order chi connectivity index (χ1) is 21.9. The number of nitrogens with one attached hydrogen (secondary N) is 2. The molecule has 9 nitrogen and oxygen atoms in total. The molecule has 3 aromatic heterocycles. The summed E-state index contributed by atoms with van der Waals surface area (Å²) in [7, 11) is 0. The van der Waals surface area contributed by atoms with E-state index in [0.717, 1.165) is 38.9 Å². The number of pyridine rings is 1. The first kappa shape index (κ1) is 28.7. The van der Waals surface area contributed by atoms with Gasteiger partial charge < -0.3 is 15.2 Å². The van der Waals surface area contributed by atoms with Crippen LogP contribution in [0.4, 0.5) is 4.79 Å². The largest absolute Gasteiger partial charge is 0.360 e. The molecule has 2 aliphatic heterocycles. The first-order valence-corrected chi connectivity index (χ1v) is 15.4. The SMILES string of the molecule is Cc1ccc(C(=O)N2CCC(CN3C(=O)NC(Cc4c[nH]c5c(Cl)cccc45)C3=O)CC2)cc1C#Cc1cnc2ccccn12. The lowest BCUT2D eigenvalue weighted by Gasteiger charge is -2.33. The molecular formula is C35H31ClN6O3. The number of para-hydroxylation sites is 1. The maximum absolute atomic E-state index is 13.5. The van der Waals surface area contributed by atoms with E-state index in [2.05, 4.69) is 27.1 Å². The maximum Gasteiger partial charge on any atom is 0.324 e. The number of hydrogen-bond acceptors (Lipinski definition) is 4. The average molecular weight is 619 g/mol. The van der Waals surface area contributed by atoms with Crippen LogP contribution in [0.5, 0.6) is 0 Å². The normalized spacial score (nSPS) is 17.2. The number of aromatic nitrogens is 3. The van der Waals surface area contributed by atoms with Crippen LogP contribution in [-0.4, -0.2) is 67.7 Å². The fraction of sp³-hybridized carbons (Fsp3) is 0.257. The molecule has 45 heavy (non-hydrogen) atoms. The van der Waals surface area contributed by atoms with Crippen LogP contribution in [0.25, 0.3) is 16.6 Å². The Hall–Kier alpha value is -5.07. The van der Waals surface area contributed by atoms with Crippen LogP contribution in [0.15, 0.2) is 73.2 Å². The molecule has 226 valence electrons. The van der Waals surface area contributed by atoms with Crippen molar-refractivity contribution < 1.29 is 14.4 Å². The van der Waals surface area contributed by atoms with Gasteiger partial charge in [0.15, 0.2) is 0 Å². The number of aromatic amines is 1. The molecule has 0 bridgehead atoms. The number of fused-ring (bicyclic) bond motifs is 2. The lowest BCUT2D eigenvalue weighted by Crippen LogP contribution is -2.43. The van der Waals surface area contributed by atoms with E-state index in [1.807, 2.05) is 83.2 Å². The number of piperidine rings is 1. The monoisotopic (exact) mass is 618 g/mol. The highest BCUT2D eigenvalue weighted by Crippen LogP contribution is 2.28. The van der Waals surface area contributed by atoms with Gasteiger partial charge in [0.05, 0.1) is 16.7 Å². The van der Waals surface area contributed by atoms with E-state index >= 15 is 0 Å². The number of H-pyrrole nitrogens is 1. The van der Waals surface area contributed by atoms with Crippen molar-refractivity contribution in [2.75, 3.05) is 19.6 Å². The van der Waals surface area contributed by atoms with Gasteiger partial charge in [0, 0.05) is 55.0 Å². The second-order valence-corrected chi connectivity index (χ2v) is 12.1. The van der Waals surface area contributed by atoms with Crippen LogP contribution < -0.4 is 5.32 Å². The highest BCUT2D eigenvalue weighted by Gasteiger charge is 2.40. The first-order valence-electron chi connectivity index (χ1n) is 15.1. The van der Waals surface area contributed by atoms with Gasteiger partial charge in [-0.1, -0.05) is 41.8 Å². The summed E-state index contributed by atoms with van der Waals surface area (Å²) in [6, 6.07) is 16.1. The fourth-order valence-corrected chi connectivity index (χ4v) is 6.49. The van der Waals surface area contributed by atoms with E-state index in [9.17, 15) is 14.4 Å². The molecule has 2 fully saturated rings. The third-order valence-electron chi connectivity index (χ3n) is 8.85. The molecule has 0 saturated carbocycles. The highest BCUT2D eigenvalue weighted by molar-refractivity contribution is 6.35. The van der Waals surface area contributed by atoms with Crippen LogP contribution in [-0.2, 0) is 11.2 Å². The van der Waals surface area contributed by atoms with Crippen molar-refractivity contribution in [2.45, 2.75) is 32.2 Å². The predicted octanol–water partition coefficient (Wildman–Crippen LogP) is 5.19. The summed E-state index contributed by atoms with van der Waals surface area (Å²) in [4.78, 5) is 50.3. The number of urea groups is 1. The lowest BCUT2D eigenvalue weighted by molar-refractivity contribution is -0.128. The zero-order valence-electron chi connectivity index (χ0n) is 24.7. The van der Waals surface area contributed by atoms with Crippen molar-refractivity contribution in [3.8, 4) is 11.8 Å². The quantitative estimate of drug-likeness (QED) is 0.209. The zero-order valence-corrected chi connectivity index (χ0v) is 25.5. The molecule has 2 aromatic carbocycles. The van der Waals surface area contributed by atoms with Crippen molar-refractivity contribution in [1.29, 1.82) is 0 Å². The average Bonchev–Trinajstić information content (AvgIpc) is 3.74. The van der Waals surface area contributed by atoms with Crippen molar-refractivity contribution in [2.24, 2.45) is 5.92 Å². The summed E-state index contributed by atoms with van der Waals surface area (Å²) < 4.78 is 1.93. The molecule has 1 unspecified atom stereocenters. The third-order valence-corrected chi connectivity index (χ3v) is 9.17. The smallest absolute Gasteiger partial charge is 0.324 e. The topological polar surface area (TPSA) is 103 Å². The molecule has 2 aliphatic rings. The van der Waals surface area contributed by atoms with Gasteiger partial charge in [-0.15, -0.1) is 0 Å². The van der Waals surface area contributed by atoms with Crippen molar-refractivity contribution >= 4 is 46.0 Å². The van der Waals surface area contributed by atoms with Crippen LogP contribution in [0, 0.1) is 24.7 Å². The van der Waals surface area contributed by atoms with Gasteiger partial charge in [0.2, 0.25) is 0 Å². The molecular weight excluding hydrogens is 588 g/mol. The van der Waals surface area contributed by atoms with E-state index in [4.69, 9.17) is 11.6 Å². The molecule has 10 heteroatoms. The van der Waals surface area contributed by atoms with E-state index in [0.29, 0.717) is 49.5 Å². The van der Waals surface area contributed by atoms with Gasteiger partial charge in [-0.05, 0) is 73.1 Å². The molecule has 1 atom stereocenters. The fourth-order valence-electron chi connectivity index (χ4n) is 6.26. The summed E-state index contributed by atoms with van der Waals surface area (Å²) in [6.07, 6.45) is 7.32. The Bertz CT molecular complexity index is 2030. The Morgan fingerprint density at radius 1 is 1.07 bits per heavy atom. The number of nitrogens with zero attached hydrogens (tertiary/aromatic N) is 4. The number of aryl methyl sites for hydroxylation is 1. The molecule has 7 rings (SSSR count). The summed E-state index contributed by atoms with van der Waals surface area (Å²) >= 11 is 6.29. The van der Waals surface area contributed by atoms with E-state index < -0.39 is 6.04 Å². The predicted molar refractivity (Wildman–Crippen MR) is 172 cm³/mol. The minimum absolute atomic E-state index is 0.0415. The Labute approximate surface area is 265 Å². The summed E-state index contributed by atoms with van der Waals surface area (Å²) in [6.45, 7) is 3.44. The van der Waals surface area contributed by atoms with Gasteiger partial charge in [0.1, 0.15) is 17.4 Å². The Kier molecular flexibility index (Phi) is 7.51. The van der Waals surface area contributed by atoms with Gasteiger partial charge >= 0.3 is 6.03 Å². The molecule has 5 aromatic rings. The van der Waals surface area contributed by atoms with Crippen molar-refractivity contribution in [3.05, 3.63) is 106 Å². The minimum atomic E-state index is -0.622. The number of carbonyl (C=O) groups excluding carboxylic acids is 3. The van der Waals surface area contributed by atoms with Crippen LogP contribution in [0.1, 0.15) is 45.6 Å². The number of hydrogen-bond donors (Lipinski definition) is 2. The van der Waals surface area contributed by atoms with E-state index in [1.165, 1.54) is 4.90 Å². The molecule has 0 aliphatic carbocycles. The lowest BCUT2D eigenvalue weighted by atomic mass is 9.95. The van der Waals surface area contributed by atoms with Gasteiger partial charge in [-0.25, -0.2) is 9.78 Å². The number of benzene rings is 2. The number of likely N-dealkylation sites (tertiary alicyclic amines) is 1. The van der Waals surface area contributed by atoms with Gasteiger partial charge in [-0.3, -0.25) is 18.9 Å². The Balaban J connectivity index is 0.967. The number of carbonyl (C=O) groups is 3. The summed E-state index contributed by atoms with van der Waals surface area (Å²) in [5, 5.41) is 4.42. The molecule has 0 radical (unpaired) electrons. The van der Waals surface area contributed by atoms with E-state index in [1.54, 1.807) is 6.20 Å². The van der Waals surface area contributed by atoms with Crippen molar-refractivity contribution in [3.63, 3.8) is 0 Å². The number of imide groups is 1. The van der Waals surface area contributed by atoms with Crippen LogP contribution >= 0.6 is 11.6 Å².